The number of anilines is 1. The van der Waals surface area contributed by atoms with Gasteiger partial charge in [-0.1, -0.05) is 18.2 Å². The van der Waals surface area contributed by atoms with Gasteiger partial charge >= 0.3 is 0 Å². The molecule has 0 spiro atoms. The van der Waals surface area contributed by atoms with Crippen molar-refractivity contribution in [3.05, 3.63) is 59.7 Å². The standard InChI is InChI=1S/C15H15F2NO2S/c1-21(19,20)14-7-5-13(6-8-14)18-10-11-3-2-4-12(9-11)15(16)17/h2-9,15,18H,10H2,1H3. The lowest BCUT2D eigenvalue weighted by Crippen LogP contribution is -2.01. The number of alkyl halides is 2. The maximum absolute atomic E-state index is 12.6. The van der Waals surface area contributed by atoms with Crippen LogP contribution in [0.3, 0.4) is 0 Å². The van der Waals surface area contributed by atoms with Crippen molar-refractivity contribution in [1.29, 1.82) is 0 Å². The molecule has 0 radical (unpaired) electrons. The van der Waals surface area contributed by atoms with Crippen LogP contribution < -0.4 is 5.32 Å². The number of halogens is 2. The van der Waals surface area contributed by atoms with Crippen molar-refractivity contribution in [2.45, 2.75) is 17.9 Å². The second kappa shape index (κ2) is 6.22. The van der Waals surface area contributed by atoms with Crippen molar-refractivity contribution in [3.63, 3.8) is 0 Å². The topological polar surface area (TPSA) is 46.2 Å². The molecule has 0 aliphatic carbocycles. The predicted octanol–water partition coefficient (Wildman–Crippen LogP) is 3.64. The van der Waals surface area contributed by atoms with Crippen LogP contribution in [0.5, 0.6) is 0 Å². The zero-order valence-electron chi connectivity index (χ0n) is 11.4. The van der Waals surface area contributed by atoms with Crippen LogP contribution in [0.25, 0.3) is 0 Å². The molecule has 0 aromatic heterocycles. The first kappa shape index (κ1) is 15.4. The summed E-state index contributed by atoms with van der Waals surface area (Å²) in [6.45, 7) is 0.388. The van der Waals surface area contributed by atoms with Crippen LogP contribution in [0.4, 0.5) is 14.5 Å². The molecular weight excluding hydrogens is 296 g/mol. The van der Waals surface area contributed by atoms with Gasteiger partial charge in [-0.05, 0) is 35.9 Å². The largest absolute Gasteiger partial charge is 0.381 e. The number of hydrogen-bond donors (Lipinski definition) is 1. The average Bonchev–Trinajstić information content (AvgIpc) is 2.45. The fraction of sp³-hybridized carbons (Fsp3) is 0.200. The van der Waals surface area contributed by atoms with Gasteiger partial charge < -0.3 is 5.32 Å². The summed E-state index contributed by atoms with van der Waals surface area (Å²) in [7, 11) is -3.21. The van der Waals surface area contributed by atoms with Crippen LogP contribution in [-0.2, 0) is 16.4 Å². The molecule has 2 aromatic carbocycles. The molecule has 0 fully saturated rings. The Hall–Kier alpha value is -1.95. The molecule has 21 heavy (non-hydrogen) atoms. The van der Waals surface area contributed by atoms with Crippen molar-refractivity contribution < 1.29 is 17.2 Å². The number of sulfone groups is 1. The molecule has 0 amide bonds. The van der Waals surface area contributed by atoms with Crippen molar-refractivity contribution in [2.24, 2.45) is 0 Å². The summed E-state index contributed by atoms with van der Waals surface area (Å²) in [5, 5.41) is 3.07. The summed E-state index contributed by atoms with van der Waals surface area (Å²) >= 11 is 0. The highest BCUT2D eigenvalue weighted by Crippen LogP contribution is 2.20. The monoisotopic (exact) mass is 311 g/mol. The Morgan fingerprint density at radius 2 is 1.76 bits per heavy atom. The summed E-state index contributed by atoms with van der Waals surface area (Å²) in [6.07, 6.45) is -1.34. The van der Waals surface area contributed by atoms with Crippen LogP contribution in [0, 0.1) is 0 Å². The Kier molecular flexibility index (Phi) is 4.57. The lowest BCUT2D eigenvalue weighted by molar-refractivity contribution is 0.151. The van der Waals surface area contributed by atoms with Crippen molar-refractivity contribution in [2.75, 3.05) is 11.6 Å². The zero-order chi connectivity index (χ0) is 15.5. The first-order valence-electron chi connectivity index (χ1n) is 6.27. The molecular formula is C15H15F2NO2S. The van der Waals surface area contributed by atoms with Crippen LogP contribution in [0.2, 0.25) is 0 Å². The molecule has 6 heteroatoms. The minimum absolute atomic E-state index is 0.0123. The van der Waals surface area contributed by atoms with E-state index in [1.807, 2.05) is 0 Å². The number of benzene rings is 2. The van der Waals surface area contributed by atoms with Gasteiger partial charge in [-0.2, -0.15) is 0 Å². The fourth-order valence-corrected chi connectivity index (χ4v) is 2.49. The maximum Gasteiger partial charge on any atom is 0.263 e. The summed E-state index contributed by atoms with van der Waals surface area (Å²) in [5.41, 5.74) is 1.45. The van der Waals surface area contributed by atoms with Crippen molar-refractivity contribution >= 4 is 15.5 Å². The van der Waals surface area contributed by atoms with E-state index in [4.69, 9.17) is 0 Å². The highest BCUT2D eigenvalue weighted by molar-refractivity contribution is 7.90. The van der Waals surface area contributed by atoms with E-state index in [1.165, 1.54) is 24.3 Å². The van der Waals surface area contributed by atoms with E-state index in [2.05, 4.69) is 5.32 Å². The molecule has 0 saturated heterocycles. The third-order valence-corrected chi connectivity index (χ3v) is 4.11. The lowest BCUT2D eigenvalue weighted by atomic mass is 10.1. The molecule has 1 N–H and O–H groups in total. The Labute approximate surface area is 122 Å². The van der Waals surface area contributed by atoms with Gasteiger partial charge in [-0.15, -0.1) is 0 Å². The number of rotatable bonds is 5. The van der Waals surface area contributed by atoms with Crippen LogP contribution in [0.1, 0.15) is 17.6 Å². The SMILES string of the molecule is CS(=O)(=O)c1ccc(NCc2cccc(C(F)F)c2)cc1. The van der Waals surface area contributed by atoms with Gasteiger partial charge in [0.1, 0.15) is 0 Å². The Bertz CT molecular complexity index is 713. The van der Waals surface area contributed by atoms with Gasteiger partial charge in [0.05, 0.1) is 4.90 Å². The van der Waals surface area contributed by atoms with Crippen molar-refractivity contribution in [3.8, 4) is 0 Å². The Morgan fingerprint density at radius 3 is 2.33 bits per heavy atom. The third-order valence-electron chi connectivity index (χ3n) is 2.98. The highest BCUT2D eigenvalue weighted by atomic mass is 32.2. The average molecular weight is 311 g/mol. The highest BCUT2D eigenvalue weighted by Gasteiger charge is 2.08. The smallest absolute Gasteiger partial charge is 0.263 e. The van der Waals surface area contributed by atoms with Crippen LogP contribution in [-0.4, -0.2) is 14.7 Å². The normalized spacial score (nSPS) is 11.6. The molecule has 0 atom stereocenters. The third kappa shape index (κ3) is 4.26. The van der Waals surface area contributed by atoms with E-state index in [0.717, 1.165) is 17.5 Å². The molecule has 0 aliphatic rings. The van der Waals surface area contributed by atoms with Gasteiger partial charge in [0.25, 0.3) is 6.43 Å². The Balaban J connectivity index is 2.05. The summed E-state index contributed by atoms with van der Waals surface area (Å²) in [6, 6.07) is 12.5. The van der Waals surface area contributed by atoms with Crippen LogP contribution >= 0.6 is 0 Å². The first-order chi connectivity index (χ1) is 9.86. The first-order valence-corrected chi connectivity index (χ1v) is 8.16. The zero-order valence-corrected chi connectivity index (χ0v) is 12.2. The minimum Gasteiger partial charge on any atom is -0.381 e. The van der Waals surface area contributed by atoms with Gasteiger partial charge in [-0.25, -0.2) is 17.2 Å². The van der Waals surface area contributed by atoms with Gasteiger partial charge in [0.2, 0.25) is 0 Å². The van der Waals surface area contributed by atoms with E-state index >= 15 is 0 Å². The predicted molar refractivity (Wildman–Crippen MR) is 78.3 cm³/mol. The Morgan fingerprint density at radius 1 is 1.10 bits per heavy atom. The maximum atomic E-state index is 12.6. The van der Waals surface area contributed by atoms with E-state index in [-0.39, 0.29) is 10.5 Å². The molecule has 2 rings (SSSR count). The van der Waals surface area contributed by atoms with Gasteiger partial charge in [0.15, 0.2) is 9.84 Å². The molecule has 0 aliphatic heterocycles. The summed E-state index contributed by atoms with van der Waals surface area (Å²) < 4.78 is 47.8. The fourth-order valence-electron chi connectivity index (χ4n) is 1.86. The van der Waals surface area contributed by atoms with E-state index < -0.39 is 16.3 Å². The molecule has 0 saturated carbocycles. The van der Waals surface area contributed by atoms with Crippen molar-refractivity contribution in [1.82, 2.24) is 0 Å². The second-order valence-corrected chi connectivity index (χ2v) is 6.71. The molecule has 0 unspecified atom stereocenters. The number of nitrogens with one attached hydrogen (secondary N) is 1. The molecule has 0 heterocycles. The molecule has 0 bridgehead atoms. The summed E-state index contributed by atoms with van der Waals surface area (Å²) in [4.78, 5) is 0.243. The van der Waals surface area contributed by atoms with E-state index in [9.17, 15) is 17.2 Å². The lowest BCUT2D eigenvalue weighted by Gasteiger charge is -2.08. The van der Waals surface area contributed by atoms with Crippen LogP contribution in [0.15, 0.2) is 53.4 Å². The quantitative estimate of drug-likeness (QED) is 0.917. The molecule has 2 aromatic rings. The summed E-state index contributed by atoms with van der Waals surface area (Å²) in [5.74, 6) is 0. The van der Waals surface area contributed by atoms with Gasteiger partial charge in [0, 0.05) is 24.1 Å². The van der Waals surface area contributed by atoms with E-state index in [0.29, 0.717) is 6.54 Å². The second-order valence-electron chi connectivity index (χ2n) is 4.70. The minimum atomic E-state index is -3.21. The van der Waals surface area contributed by atoms with E-state index in [1.54, 1.807) is 24.3 Å². The molecule has 3 nitrogen and oxygen atoms in total. The number of hydrogen-bond acceptors (Lipinski definition) is 3. The molecule has 112 valence electrons. The van der Waals surface area contributed by atoms with Gasteiger partial charge in [-0.3, -0.25) is 0 Å².